The zero-order chi connectivity index (χ0) is 22.8. The van der Waals surface area contributed by atoms with Crippen molar-refractivity contribution in [2.24, 2.45) is 0 Å². The van der Waals surface area contributed by atoms with Crippen LogP contribution in [0.5, 0.6) is 0 Å². The third-order valence-corrected chi connectivity index (χ3v) is 10.1. The van der Waals surface area contributed by atoms with Crippen molar-refractivity contribution in [1.29, 1.82) is 0 Å². The van der Waals surface area contributed by atoms with Crippen molar-refractivity contribution in [1.82, 2.24) is 0 Å². The maximum atomic E-state index is 13.2. The van der Waals surface area contributed by atoms with Crippen LogP contribution < -0.4 is 0 Å². The maximum Gasteiger partial charge on any atom is 0.194 e. The molecule has 0 nitrogen and oxygen atoms in total. The standard InChI is InChI=1S/C28H33F3Si/c1-2-3-4-5-8-17-32-18-15-25(16-19-32)24-13-11-22(12-14-24)9-6-7-10-23-20-26(29)28(31)27(30)21-23/h6,9,11-14,20-21,25,32H,2-5,8,15-19H2,1H3. The highest BCUT2D eigenvalue weighted by Gasteiger charge is 2.22. The van der Waals surface area contributed by atoms with E-state index in [2.05, 4.69) is 43.0 Å². The Labute approximate surface area is 192 Å². The molecule has 1 aliphatic rings. The molecule has 170 valence electrons. The lowest BCUT2D eigenvalue weighted by molar-refractivity contribution is 0.446. The van der Waals surface area contributed by atoms with Gasteiger partial charge in [0.25, 0.3) is 0 Å². The molecule has 32 heavy (non-hydrogen) atoms. The van der Waals surface area contributed by atoms with Gasteiger partial charge in [-0.05, 0) is 54.2 Å². The van der Waals surface area contributed by atoms with Crippen LogP contribution in [0, 0.1) is 29.3 Å². The lowest BCUT2D eigenvalue weighted by Gasteiger charge is -2.28. The predicted molar refractivity (Wildman–Crippen MR) is 131 cm³/mol. The van der Waals surface area contributed by atoms with Crippen LogP contribution in [0.3, 0.4) is 0 Å². The van der Waals surface area contributed by atoms with Crippen molar-refractivity contribution in [3.8, 4) is 11.8 Å². The quantitative estimate of drug-likeness (QED) is 0.163. The second kappa shape index (κ2) is 12.7. The third-order valence-electron chi connectivity index (χ3n) is 6.53. The average molecular weight is 455 g/mol. The van der Waals surface area contributed by atoms with Crippen molar-refractivity contribution in [2.75, 3.05) is 0 Å². The van der Waals surface area contributed by atoms with E-state index in [1.807, 2.05) is 6.08 Å². The minimum absolute atomic E-state index is 0.113. The first kappa shape index (κ1) is 24.4. The molecule has 2 aromatic rings. The van der Waals surface area contributed by atoms with Gasteiger partial charge in [-0.1, -0.05) is 93.3 Å². The molecular formula is C28H33F3Si. The summed E-state index contributed by atoms with van der Waals surface area (Å²) in [6.45, 7) is 2.27. The van der Waals surface area contributed by atoms with E-state index in [1.165, 1.54) is 62.6 Å². The van der Waals surface area contributed by atoms with Gasteiger partial charge in [0, 0.05) is 14.4 Å². The van der Waals surface area contributed by atoms with Gasteiger partial charge in [0.2, 0.25) is 0 Å². The van der Waals surface area contributed by atoms with Crippen LogP contribution in [0.25, 0.3) is 6.08 Å². The van der Waals surface area contributed by atoms with E-state index in [4.69, 9.17) is 0 Å². The summed E-state index contributed by atoms with van der Waals surface area (Å²) in [4.78, 5) is 0. The zero-order valence-corrected chi connectivity index (χ0v) is 20.1. The summed E-state index contributed by atoms with van der Waals surface area (Å²) >= 11 is 0. The van der Waals surface area contributed by atoms with Crippen LogP contribution in [-0.2, 0) is 0 Å². The molecule has 3 rings (SSSR count). The predicted octanol–water partition coefficient (Wildman–Crippen LogP) is 8.24. The Bertz CT molecular complexity index is 922. The SMILES string of the molecule is CCCCCCC[SiH]1CCC(c2ccc(C=CC#Cc3cc(F)c(F)c(F)c3)cc2)CC1. The van der Waals surface area contributed by atoms with Gasteiger partial charge < -0.3 is 0 Å². The van der Waals surface area contributed by atoms with E-state index in [0.29, 0.717) is 5.92 Å². The summed E-state index contributed by atoms with van der Waals surface area (Å²) in [5, 5.41) is 0. The van der Waals surface area contributed by atoms with E-state index >= 15 is 0 Å². The van der Waals surface area contributed by atoms with Gasteiger partial charge in [-0.2, -0.15) is 0 Å². The van der Waals surface area contributed by atoms with Crippen molar-refractivity contribution < 1.29 is 13.2 Å². The van der Waals surface area contributed by atoms with Crippen LogP contribution in [0.1, 0.15) is 74.5 Å². The van der Waals surface area contributed by atoms with Gasteiger partial charge in [-0.15, -0.1) is 0 Å². The average Bonchev–Trinajstić information content (AvgIpc) is 2.81. The van der Waals surface area contributed by atoms with E-state index in [1.54, 1.807) is 12.1 Å². The summed E-state index contributed by atoms with van der Waals surface area (Å²) < 4.78 is 39.4. The fourth-order valence-corrected chi connectivity index (χ4v) is 8.07. The Balaban J connectivity index is 1.46. The molecule has 0 aromatic heterocycles. The molecule has 0 radical (unpaired) electrons. The molecule has 0 N–H and O–H groups in total. The number of halogens is 3. The van der Waals surface area contributed by atoms with Crippen LogP contribution >= 0.6 is 0 Å². The Kier molecular flexibility index (Phi) is 9.68. The number of hydrogen-bond acceptors (Lipinski definition) is 0. The number of allylic oxidation sites excluding steroid dienone is 1. The van der Waals surface area contributed by atoms with Crippen LogP contribution in [0.2, 0.25) is 18.1 Å². The summed E-state index contributed by atoms with van der Waals surface area (Å²) in [7, 11) is -0.499. The van der Waals surface area contributed by atoms with Gasteiger partial charge in [-0.25, -0.2) is 13.2 Å². The first-order valence-corrected chi connectivity index (χ1v) is 14.4. The largest absolute Gasteiger partial charge is 0.204 e. The molecule has 0 amide bonds. The first-order chi connectivity index (χ1) is 15.6. The lowest BCUT2D eigenvalue weighted by atomic mass is 9.93. The molecule has 1 saturated heterocycles. The highest BCUT2D eigenvalue weighted by atomic mass is 28.3. The van der Waals surface area contributed by atoms with E-state index in [-0.39, 0.29) is 5.56 Å². The molecule has 1 fully saturated rings. The maximum absolute atomic E-state index is 13.2. The minimum atomic E-state index is -1.47. The van der Waals surface area contributed by atoms with Crippen LogP contribution in [0.15, 0.2) is 42.5 Å². The third kappa shape index (κ3) is 7.41. The zero-order valence-electron chi connectivity index (χ0n) is 19.0. The Hall–Kier alpha value is -2.25. The molecule has 0 aliphatic carbocycles. The van der Waals surface area contributed by atoms with Gasteiger partial charge in [-0.3, -0.25) is 0 Å². The minimum Gasteiger partial charge on any atom is -0.204 e. The van der Waals surface area contributed by atoms with Crippen molar-refractivity contribution in [2.45, 2.75) is 75.9 Å². The van der Waals surface area contributed by atoms with Crippen molar-refractivity contribution in [3.63, 3.8) is 0 Å². The molecular weight excluding hydrogens is 421 g/mol. The van der Waals surface area contributed by atoms with Crippen LogP contribution in [-0.4, -0.2) is 8.80 Å². The molecule has 1 aliphatic heterocycles. The Morgan fingerprint density at radius 2 is 1.59 bits per heavy atom. The number of unbranched alkanes of at least 4 members (excludes halogenated alkanes) is 4. The molecule has 1 heterocycles. The van der Waals surface area contributed by atoms with E-state index in [9.17, 15) is 13.2 Å². The van der Waals surface area contributed by atoms with Gasteiger partial charge in [0.1, 0.15) is 0 Å². The van der Waals surface area contributed by atoms with E-state index in [0.717, 1.165) is 17.7 Å². The molecule has 4 heteroatoms. The molecule has 0 atom stereocenters. The summed E-state index contributed by atoms with van der Waals surface area (Å²) in [6.07, 6.45) is 13.2. The van der Waals surface area contributed by atoms with Crippen molar-refractivity contribution in [3.05, 3.63) is 76.6 Å². The van der Waals surface area contributed by atoms with Gasteiger partial charge in [0.15, 0.2) is 17.5 Å². The summed E-state index contributed by atoms with van der Waals surface area (Å²) in [5.74, 6) is 2.17. The molecule has 0 saturated carbocycles. The number of hydrogen-bond donors (Lipinski definition) is 0. The van der Waals surface area contributed by atoms with E-state index < -0.39 is 26.2 Å². The second-order valence-electron chi connectivity index (χ2n) is 8.94. The molecule has 2 aromatic carbocycles. The number of benzene rings is 2. The summed E-state index contributed by atoms with van der Waals surface area (Å²) in [5.41, 5.74) is 2.58. The molecule has 0 unspecified atom stereocenters. The molecule has 0 bridgehead atoms. The fraction of sp³-hybridized carbons (Fsp3) is 0.429. The topological polar surface area (TPSA) is 0 Å². The first-order valence-electron chi connectivity index (χ1n) is 12.0. The molecule has 0 spiro atoms. The summed E-state index contributed by atoms with van der Waals surface area (Å²) in [6, 6.07) is 14.9. The smallest absolute Gasteiger partial charge is 0.194 e. The monoisotopic (exact) mass is 454 g/mol. The highest BCUT2D eigenvalue weighted by molar-refractivity contribution is 6.59. The second-order valence-corrected chi connectivity index (χ2v) is 12.4. The fourth-order valence-electron chi connectivity index (χ4n) is 4.59. The normalized spacial score (nSPS) is 18.5. The van der Waals surface area contributed by atoms with Gasteiger partial charge >= 0.3 is 0 Å². The Morgan fingerprint density at radius 1 is 0.938 bits per heavy atom. The van der Waals surface area contributed by atoms with Gasteiger partial charge in [0.05, 0.1) is 0 Å². The number of rotatable bonds is 8. The van der Waals surface area contributed by atoms with Crippen LogP contribution in [0.4, 0.5) is 13.2 Å². The highest BCUT2D eigenvalue weighted by Crippen LogP contribution is 2.35. The lowest BCUT2D eigenvalue weighted by Crippen LogP contribution is -2.20. The van der Waals surface area contributed by atoms with Crippen molar-refractivity contribution >= 4 is 14.9 Å². The Morgan fingerprint density at radius 3 is 2.25 bits per heavy atom.